The first-order valence-corrected chi connectivity index (χ1v) is 5.91. The topological polar surface area (TPSA) is 94.2 Å². The fourth-order valence-electron chi connectivity index (χ4n) is 1.66. The average Bonchev–Trinajstić information content (AvgIpc) is 2.42. The van der Waals surface area contributed by atoms with Crippen molar-refractivity contribution < 1.29 is 9.59 Å². The maximum Gasteiger partial charge on any atom is 0.250 e. The minimum atomic E-state index is -0.529. The number of pyridine rings is 1. The number of aromatic nitrogens is 1. The molecule has 6 heteroatoms. The van der Waals surface area contributed by atoms with Crippen LogP contribution in [0.2, 0.25) is 0 Å². The number of amides is 2. The molecule has 3 N–H and O–H groups in total. The van der Waals surface area contributed by atoms with Crippen LogP contribution in [-0.4, -0.2) is 16.4 Å². The Hall–Kier alpha value is -2.89. The summed E-state index contributed by atoms with van der Waals surface area (Å²) in [6.07, 6.45) is 1.54. The van der Waals surface area contributed by atoms with Gasteiger partial charge in [0, 0.05) is 23.5 Å². The smallest absolute Gasteiger partial charge is 0.250 e. The van der Waals surface area contributed by atoms with Gasteiger partial charge in [-0.3, -0.25) is 14.4 Å². The molecule has 1 aromatic heterocycles. The number of carbonyl (C=O) groups excluding carboxylic acids is 2. The molecule has 20 heavy (non-hydrogen) atoms. The molecule has 2 rings (SSSR count). The number of rotatable bonds is 4. The molecule has 0 aliphatic rings. The third kappa shape index (κ3) is 3.32. The molecule has 0 aliphatic heterocycles. The van der Waals surface area contributed by atoms with Crippen molar-refractivity contribution in [2.45, 2.75) is 6.54 Å². The molecule has 0 radical (unpaired) electrons. The van der Waals surface area contributed by atoms with Gasteiger partial charge in [0.25, 0.3) is 5.56 Å². The van der Waals surface area contributed by atoms with E-state index in [1.807, 2.05) is 0 Å². The van der Waals surface area contributed by atoms with Crippen LogP contribution in [0.5, 0.6) is 0 Å². The lowest BCUT2D eigenvalue weighted by Gasteiger charge is -2.07. The van der Waals surface area contributed by atoms with Gasteiger partial charge < -0.3 is 15.6 Å². The lowest BCUT2D eigenvalue weighted by Crippen LogP contribution is -2.26. The second-order valence-electron chi connectivity index (χ2n) is 4.16. The molecule has 102 valence electrons. The van der Waals surface area contributed by atoms with Crippen molar-refractivity contribution in [3.8, 4) is 0 Å². The van der Waals surface area contributed by atoms with Gasteiger partial charge in [0.05, 0.1) is 0 Å². The zero-order valence-corrected chi connectivity index (χ0v) is 10.6. The highest BCUT2D eigenvalue weighted by atomic mass is 16.2. The highest BCUT2D eigenvalue weighted by Gasteiger charge is 2.05. The van der Waals surface area contributed by atoms with Crippen molar-refractivity contribution in [3.05, 3.63) is 64.6 Å². The first-order chi connectivity index (χ1) is 9.56. The van der Waals surface area contributed by atoms with E-state index >= 15 is 0 Å². The van der Waals surface area contributed by atoms with Crippen molar-refractivity contribution in [1.82, 2.24) is 4.57 Å². The molecule has 1 heterocycles. The predicted molar refractivity (Wildman–Crippen MR) is 74.3 cm³/mol. The lowest BCUT2D eigenvalue weighted by atomic mass is 10.2. The minimum absolute atomic E-state index is 0.0722. The Kier molecular flexibility index (Phi) is 3.95. The molecule has 0 aliphatic carbocycles. The van der Waals surface area contributed by atoms with E-state index in [1.54, 1.807) is 24.3 Å². The van der Waals surface area contributed by atoms with E-state index in [0.717, 1.165) is 0 Å². The summed E-state index contributed by atoms with van der Waals surface area (Å²) in [4.78, 5) is 34.2. The van der Waals surface area contributed by atoms with Crippen LogP contribution in [0.3, 0.4) is 0 Å². The highest BCUT2D eigenvalue weighted by Crippen LogP contribution is 2.09. The van der Waals surface area contributed by atoms with Crippen molar-refractivity contribution in [1.29, 1.82) is 0 Å². The molecule has 0 saturated heterocycles. The maximum absolute atomic E-state index is 11.8. The fourth-order valence-corrected chi connectivity index (χ4v) is 1.66. The Bertz CT molecular complexity index is 689. The largest absolute Gasteiger partial charge is 0.366 e. The number of hydrogen-bond acceptors (Lipinski definition) is 3. The Balaban J connectivity index is 2.03. The number of hydrogen-bond donors (Lipinski definition) is 2. The van der Waals surface area contributed by atoms with Gasteiger partial charge in [-0.2, -0.15) is 0 Å². The molecule has 6 nitrogen and oxygen atoms in total. The number of primary amides is 1. The molecule has 0 saturated carbocycles. The van der Waals surface area contributed by atoms with Gasteiger partial charge in [-0.25, -0.2) is 0 Å². The molecule has 0 atom stereocenters. The summed E-state index contributed by atoms with van der Waals surface area (Å²) in [5, 5.41) is 2.63. The minimum Gasteiger partial charge on any atom is -0.366 e. The second kappa shape index (κ2) is 5.83. The van der Waals surface area contributed by atoms with Crippen molar-refractivity contribution in [2.75, 3.05) is 5.32 Å². The molecule has 0 bridgehead atoms. The normalized spacial score (nSPS) is 10.0. The summed E-state index contributed by atoms with van der Waals surface area (Å²) >= 11 is 0. The van der Waals surface area contributed by atoms with Crippen molar-refractivity contribution in [2.24, 2.45) is 5.73 Å². The van der Waals surface area contributed by atoms with Gasteiger partial charge in [-0.1, -0.05) is 6.07 Å². The van der Waals surface area contributed by atoms with Gasteiger partial charge in [0.2, 0.25) is 11.8 Å². The molecule has 2 amide bonds. The van der Waals surface area contributed by atoms with E-state index in [1.165, 1.54) is 29.0 Å². The van der Waals surface area contributed by atoms with E-state index in [2.05, 4.69) is 5.32 Å². The number of benzene rings is 1. The van der Waals surface area contributed by atoms with Crippen LogP contribution < -0.4 is 16.6 Å². The summed E-state index contributed by atoms with van der Waals surface area (Å²) in [7, 11) is 0. The summed E-state index contributed by atoms with van der Waals surface area (Å²) in [6.45, 7) is -0.0722. The van der Waals surface area contributed by atoms with E-state index in [-0.39, 0.29) is 18.0 Å². The van der Waals surface area contributed by atoms with Crippen LogP contribution in [0, 0.1) is 0 Å². The molecule has 1 aromatic carbocycles. The van der Waals surface area contributed by atoms with Gasteiger partial charge in [-0.15, -0.1) is 0 Å². The standard InChI is InChI=1S/C14H13N3O3/c15-14(20)10-4-6-11(7-5-10)16-12(18)9-17-8-2-1-3-13(17)19/h1-8H,9H2,(H2,15,20)(H,16,18). The third-order valence-electron chi connectivity index (χ3n) is 2.67. The van der Waals surface area contributed by atoms with E-state index in [4.69, 9.17) is 5.73 Å². The SMILES string of the molecule is NC(=O)c1ccc(NC(=O)Cn2ccccc2=O)cc1. The zero-order chi connectivity index (χ0) is 14.5. The summed E-state index contributed by atoms with van der Waals surface area (Å²) in [5.41, 5.74) is 5.77. The third-order valence-corrected chi connectivity index (χ3v) is 2.67. The van der Waals surface area contributed by atoms with Crippen LogP contribution in [0.15, 0.2) is 53.5 Å². The lowest BCUT2D eigenvalue weighted by molar-refractivity contribution is -0.116. The van der Waals surface area contributed by atoms with Crippen LogP contribution >= 0.6 is 0 Å². The number of anilines is 1. The molecular formula is C14H13N3O3. The van der Waals surface area contributed by atoms with Crippen LogP contribution in [0.4, 0.5) is 5.69 Å². The number of nitrogens with two attached hydrogens (primary N) is 1. The van der Waals surface area contributed by atoms with E-state index in [0.29, 0.717) is 11.3 Å². The number of nitrogens with zero attached hydrogens (tertiary/aromatic N) is 1. The Morgan fingerprint density at radius 2 is 1.80 bits per heavy atom. The fraction of sp³-hybridized carbons (Fsp3) is 0.0714. The van der Waals surface area contributed by atoms with Crippen molar-refractivity contribution >= 4 is 17.5 Å². The van der Waals surface area contributed by atoms with E-state index < -0.39 is 5.91 Å². The monoisotopic (exact) mass is 271 g/mol. The van der Waals surface area contributed by atoms with Gasteiger partial charge >= 0.3 is 0 Å². The number of carbonyl (C=O) groups is 2. The molecular weight excluding hydrogens is 258 g/mol. The quantitative estimate of drug-likeness (QED) is 0.851. The summed E-state index contributed by atoms with van der Waals surface area (Å²) < 4.78 is 1.30. The Morgan fingerprint density at radius 3 is 2.40 bits per heavy atom. The second-order valence-corrected chi connectivity index (χ2v) is 4.16. The first-order valence-electron chi connectivity index (χ1n) is 5.91. The van der Waals surface area contributed by atoms with Crippen LogP contribution in [-0.2, 0) is 11.3 Å². The summed E-state index contributed by atoms with van der Waals surface area (Å²) in [5.74, 6) is -0.858. The van der Waals surface area contributed by atoms with Crippen molar-refractivity contribution in [3.63, 3.8) is 0 Å². The number of nitrogens with one attached hydrogen (secondary N) is 1. The van der Waals surface area contributed by atoms with Crippen LogP contribution in [0.25, 0.3) is 0 Å². The van der Waals surface area contributed by atoms with E-state index in [9.17, 15) is 14.4 Å². The maximum atomic E-state index is 11.8. The highest BCUT2D eigenvalue weighted by molar-refractivity contribution is 5.94. The Labute approximate surface area is 114 Å². The first kappa shape index (κ1) is 13.5. The summed E-state index contributed by atoms with van der Waals surface area (Å²) in [6, 6.07) is 10.9. The Morgan fingerprint density at radius 1 is 1.10 bits per heavy atom. The molecule has 0 fully saturated rings. The predicted octanol–water partition coefficient (Wildman–Crippen LogP) is 0.586. The molecule has 0 unspecified atom stereocenters. The van der Waals surface area contributed by atoms with Gasteiger partial charge in [0.15, 0.2) is 0 Å². The molecule has 2 aromatic rings. The zero-order valence-electron chi connectivity index (χ0n) is 10.6. The van der Waals surface area contributed by atoms with Gasteiger partial charge in [-0.05, 0) is 30.3 Å². The van der Waals surface area contributed by atoms with Crippen LogP contribution in [0.1, 0.15) is 10.4 Å². The molecule has 0 spiro atoms. The van der Waals surface area contributed by atoms with Gasteiger partial charge in [0.1, 0.15) is 6.54 Å². The average molecular weight is 271 g/mol.